The molecular formula is C20H26O4. The summed E-state index contributed by atoms with van der Waals surface area (Å²) in [5.74, 6) is 0. The van der Waals surface area contributed by atoms with Gasteiger partial charge in [0.15, 0.2) is 0 Å². The number of ether oxygens (including phenoxy) is 4. The fourth-order valence-electron chi connectivity index (χ4n) is 2.86. The maximum absolute atomic E-state index is 5.30. The zero-order valence-electron chi connectivity index (χ0n) is 14.9. The minimum atomic E-state index is 0.577. The number of rotatable bonds is 9. The van der Waals surface area contributed by atoms with E-state index in [9.17, 15) is 0 Å². The minimum Gasteiger partial charge on any atom is -0.380 e. The van der Waals surface area contributed by atoms with E-state index in [2.05, 4.69) is 36.4 Å². The van der Waals surface area contributed by atoms with Crippen molar-refractivity contribution in [3.05, 3.63) is 58.7 Å². The van der Waals surface area contributed by atoms with E-state index in [4.69, 9.17) is 18.9 Å². The predicted octanol–water partition coefficient (Wildman–Crippen LogP) is 3.94. The monoisotopic (exact) mass is 330 g/mol. The van der Waals surface area contributed by atoms with Crippen LogP contribution in [0.2, 0.25) is 0 Å². The molecule has 0 aliphatic heterocycles. The standard InChI is InChI=1S/C20H26O4/c1-21-11-15-5-16(12-22-2)8-19(7-15)20-9-17(13-23-3)6-18(10-20)14-24-4/h5-10H,11-14H2,1-4H3. The lowest BCUT2D eigenvalue weighted by atomic mass is 9.96. The Hall–Kier alpha value is -1.72. The Morgan fingerprint density at radius 2 is 0.708 bits per heavy atom. The summed E-state index contributed by atoms with van der Waals surface area (Å²) in [7, 11) is 6.83. The Kier molecular flexibility index (Phi) is 7.40. The van der Waals surface area contributed by atoms with E-state index in [1.165, 1.54) is 0 Å². The van der Waals surface area contributed by atoms with Gasteiger partial charge in [0.1, 0.15) is 0 Å². The van der Waals surface area contributed by atoms with Gasteiger partial charge >= 0.3 is 0 Å². The third-order valence-corrected chi connectivity index (χ3v) is 3.68. The Bertz CT molecular complexity index is 546. The first-order chi connectivity index (χ1) is 11.7. The van der Waals surface area contributed by atoms with Crippen molar-refractivity contribution < 1.29 is 18.9 Å². The average Bonchev–Trinajstić information content (AvgIpc) is 2.56. The highest BCUT2D eigenvalue weighted by molar-refractivity contribution is 5.67. The van der Waals surface area contributed by atoms with Gasteiger partial charge < -0.3 is 18.9 Å². The molecule has 0 atom stereocenters. The zero-order valence-corrected chi connectivity index (χ0v) is 14.9. The van der Waals surface area contributed by atoms with Gasteiger partial charge in [0, 0.05) is 28.4 Å². The fraction of sp³-hybridized carbons (Fsp3) is 0.400. The highest BCUT2D eigenvalue weighted by Gasteiger charge is 2.07. The van der Waals surface area contributed by atoms with Gasteiger partial charge in [-0.05, 0) is 57.6 Å². The first-order valence-electron chi connectivity index (χ1n) is 7.92. The van der Waals surface area contributed by atoms with Crippen LogP contribution in [0.1, 0.15) is 22.3 Å². The van der Waals surface area contributed by atoms with Crippen molar-refractivity contribution in [1.82, 2.24) is 0 Å². The van der Waals surface area contributed by atoms with Gasteiger partial charge in [0.2, 0.25) is 0 Å². The van der Waals surface area contributed by atoms with E-state index >= 15 is 0 Å². The number of benzene rings is 2. The van der Waals surface area contributed by atoms with Crippen molar-refractivity contribution in [3.8, 4) is 11.1 Å². The third kappa shape index (κ3) is 5.14. The molecule has 0 aliphatic carbocycles. The van der Waals surface area contributed by atoms with Crippen molar-refractivity contribution in [3.63, 3.8) is 0 Å². The minimum absolute atomic E-state index is 0.577. The van der Waals surface area contributed by atoms with Crippen LogP contribution in [-0.4, -0.2) is 28.4 Å². The molecular weight excluding hydrogens is 304 g/mol. The molecule has 0 N–H and O–H groups in total. The molecule has 0 saturated heterocycles. The second-order valence-electron chi connectivity index (χ2n) is 5.81. The highest BCUT2D eigenvalue weighted by Crippen LogP contribution is 2.26. The molecule has 24 heavy (non-hydrogen) atoms. The normalized spacial score (nSPS) is 11.0. The van der Waals surface area contributed by atoms with E-state index in [1.54, 1.807) is 28.4 Å². The second kappa shape index (κ2) is 9.55. The summed E-state index contributed by atoms with van der Waals surface area (Å²) in [6.07, 6.45) is 0. The molecule has 2 aromatic rings. The van der Waals surface area contributed by atoms with Crippen molar-refractivity contribution in [2.75, 3.05) is 28.4 Å². The molecule has 0 unspecified atom stereocenters. The topological polar surface area (TPSA) is 36.9 Å². The summed E-state index contributed by atoms with van der Waals surface area (Å²) in [4.78, 5) is 0. The SMILES string of the molecule is COCc1cc(COC)cc(-c2cc(COC)cc(COC)c2)c1. The molecule has 4 heteroatoms. The van der Waals surface area contributed by atoms with Gasteiger partial charge in [0.05, 0.1) is 26.4 Å². The van der Waals surface area contributed by atoms with Crippen molar-refractivity contribution in [2.24, 2.45) is 0 Å². The lowest BCUT2D eigenvalue weighted by Crippen LogP contribution is -1.97. The van der Waals surface area contributed by atoms with Crippen molar-refractivity contribution in [1.29, 1.82) is 0 Å². The van der Waals surface area contributed by atoms with Gasteiger partial charge in [-0.25, -0.2) is 0 Å². The summed E-state index contributed by atoms with van der Waals surface area (Å²) in [6, 6.07) is 12.9. The molecule has 0 heterocycles. The lowest BCUT2D eigenvalue weighted by Gasteiger charge is -2.13. The van der Waals surface area contributed by atoms with Gasteiger partial charge in [-0.1, -0.05) is 12.1 Å². The van der Waals surface area contributed by atoms with Gasteiger partial charge in [-0.15, -0.1) is 0 Å². The van der Waals surface area contributed by atoms with Crippen LogP contribution >= 0.6 is 0 Å². The van der Waals surface area contributed by atoms with Crippen LogP contribution < -0.4 is 0 Å². The van der Waals surface area contributed by atoms with Crippen molar-refractivity contribution >= 4 is 0 Å². The van der Waals surface area contributed by atoms with Crippen LogP contribution in [0.3, 0.4) is 0 Å². The Labute approximate surface area is 144 Å². The third-order valence-electron chi connectivity index (χ3n) is 3.68. The van der Waals surface area contributed by atoms with Gasteiger partial charge in [-0.2, -0.15) is 0 Å². The molecule has 0 aliphatic rings. The predicted molar refractivity (Wildman–Crippen MR) is 94.7 cm³/mol. The van der Waals surface area contributed by atoms with E-state index < -0.39 is 0 Å². The maximum atomic E-state index is 5.30. The quantitative estimate of drug-likeness (QED) is 0.698. The molecule has 0 fully saturated rings. The van der Waals surface area contributed by atoms with E-state index in [0.29, 0.717) is 26.4 Å². The molecule has 0 saturated carbocycles. The number of methoxy groups -OCH3 is 4. The summed E-state index contributed by atoms with van der Waals surface area (Å²) in [5.41, 5.74) is 6.82. The summed E-state index contributed by atoms with van der Waals surface area (Å²) in [5, 5.41) is 0. The molecule has 0 amide bonds. The Morgan fingerprint density at radius 3 is 0.917 bits per heavy atom. The van der Waals surface area contributed by atoms with Crippen LogP contribution in [0, 0.1) is 0 Å². The van der Waals surface area contributed by atoms with Crippen molar-refractivity contribution in [2.45, 2.75) is 26.4 Å². The smallest absolute Gasteiger partial charge is 0.0713 e. The molecule has 2 aromatic carbocycles. The largest absolute Gasteiger partial charge is 0.380 e. The zero-order chi connectivity index (χ0) is 17.4. The maximum Gasteiger partial charge on any atom is 0.0713 e. The van der Waals surface area contributed by atoms with Crippen LogP contribution in [0.15, 0.2) is 36.4 Å². The van der Waals surface area contributed by atoms with Crippen LogP contribution in [0.5, 0.6) is 0 Å². The highest BCUT2D eigenvalue weighted by atomic mass is 16.5. The molecule has 130 valence electrons. The molecule has 0 aromatic heterocycles. The fourth-order valence-corrected chi connectivity index (χ4v) is 2.86. The van der Waals surface area contributed by atoms with Gasteiger partial charge in [0.25, 0.3) is 0 Å². The molecule has 0 bridgehead atoms. The molecule has 4 nitrogen and oxygen atoms in total. The lowest BCUT2D eigenvalue weighted by molar-refractivity contribution is 0.180. The molecule has 0 radical (unpaired) electrons. The van der Waals surface area contributed by atoms with Gasteiger partial charge in [-0.3, -0.25) is 0 Å². The first-order valence-corrected chi connectivity index (χ1v) is 7.92. The summed E-state index contributed by atoms with van der Waals surface area (Å²) >= 11 is 0. The van der Waals surface area contributed by atoms with E-state index in [1.807, 2.05) is 0 Å². The molecule has 0 spiro atoms. The Balaban J connectivity index is 2.47. The summed E-state index contributed by atoms with van der Waals surface area (Å²) < 4.78 is 21.2. The summed E-state index contributed by atoms with van der Waals surface area (Å²) in [6.45, 7) is 2.31. The van der Waals surface area contributed by atoms with Crippen LogP contribution in [0.25, 0.3) is 11.1 Å². The average molecular weight is 330 g/mol. The van der Waals surface area contributed by atoms with Crippen LogP contribution in [-0.2, 0) is 45.4 Å². The number of hydrogen-bond donors (Lipinski definition) is 0. The van der Waals surface area contributed by atoms with Crippen LogP contribution in [0.4, 0.5) is 0 Å². The van der Waals surface area contributed by atoms with E-state index in [-0.39, 0.29) is 0 Å². The number of hydrogen-bond acceptors (Lipinski definition) is 4. The Morgan fingerprint density at radius 1 is 0.458 bits per heavy atom. The van der Waals surface area contributed by atoms with E-state index in [0.717, 1.165) is 33.4 Å². The second-order valence-corrected chi connectivity index (χ2v) is 5.81. The molecule has 2 rings (SSSR count). The first kappa shape index (κ1) is 18.6.